The van der Waals surface area contributed by atoms with Gasteiger partial charge in [0.2, 0.25) is 0 Å². The molecule has 0 aliphatic rings. The van der Waals surface area contributed by atoms with Gasteiger partial charge in [0.15, 0.2) is 0 Å². The van der Waals surface area contributed by atoms with Crippen LogP contribution in [0.2, 0.25) is 5.02 Å². The van der Waals surface area contributed by atoms with Crippen LogP contribution < -0.4 is 4.74 Å². The Hall–Kier alpha value is -1.65. The normalized spacial score (nSPS) is 10.2. The first-order valence-electron chi connectivity index (χ1n) is 6.00. The van der Waals surface area contributed by atoms with Crippen molar-refractivity contribution in [3.8, 4) is 5.75 Å². The second-order valence-corrected chi connectivity index (χ2v) is 5.53. The van der Waals surface area contributed by atoms with Gasteiger partial charge in [-0.2, -0.15) is 0 Å². The summed E-state index contributed by atoms with van der Waals surface area (Å²) in [5.41, 5.74) is 0.320. The Morgan fingerprint density at radius 3 is 2.75 bits per heavy atom. The predicted octanol–water partition coefficient (Wildman–Crippen LogP) is 4.21. The second kappa shape index (κ2) is 7.22. The van der Waals surface area contributed by atoms with E-state index < -0.39 is 5.97 Å². The molecule has 0 bridgehead atoms. The number of thioether (sulfide) groups is 1. The average Bonchev–Trinajstić information content (AvgIpc) is 2.44. The monoisotopic (exact) mass is 308 g/mol. The quantitative estimate of drug-likeness (QED) is 0.641. The van der Waals surface area contributed by atoms with Crippen LogP contribution in [-0.2, 0) is 0 Å². The first kappa shape index (κ1) is 14.8. The first-order chi connectivity index (χ1) is 9.66. The van der Waals surface area contributed by atoms with Gasteiger partial charge in [0.25, 0.3) is 0 Å². The number of aromatic carboxylic acids is 1. The fraction of sp³-hybridized carbons (Fsp3) is 0.133. The molecule has 0 spiro atoms. The van der Waals surface area contributed by atoms with Gasteiger partial charge < -0.3 is 9.84 Å². The maximum Gasteiger partial charge on any atom is 0.336 e. The van der Waals surface area contributed by atoms with Crippen molar-refractivity contribution in [3.63, 3.8) is 0 Å². The predicted molar refractivity (Wildman–Crippen MR) is 81.1 cm³/mol. The number of ether oxygens (including phenoxy) is 1. The molecule has 0 aromatic heterocycles. The largest absolute Gasteiger partial charge is 0.493 e. The summed E-state index contributed by atoms with van der Waals surface area (Å²) in [5.74, 6) is 0.463. The Balaban J connectivity index is 1.86. The highest BCUT2D eigenvalue weighted by atomic mass is 35.5. The maximum absolute atomic E-state index is 11.1. The molecule has 2 rings (SSSR count). The molecule has 1 N–H and O–H groups in total. The van der Waals surface area contributed by atoms with Crippen LogP contribution in [0.5, 0.6) is 5.75 Å². The summed E-state index contributed by atoms with van der Waals surface area (Å²) >= 11 is 7.32. The Morgan fingerprint density at radius 1 is 1.20 bits per heavy atom. The van der Waals surface area contributed by atoms with Gasteiger partial charge in [-0.3, -0.25) is 0 Å². The van der Waals surface area contributed by atoms with Crippen molar-refractivity contribution in [3.05, 3.63) is 59.1 Å². The van der Waals surface area contributed by atoms with E-state index in [1.54, 1.807) is 30.3 Å². The number of carbonyl (C=O) groups is 1. The molecule has 0 saturated carbocycles. The summed E-state index contributed by atoms with van der Waals surface area (Å²) < 4.78 is 5.56. The van der Waals surface area contributed by atoms with E-state index in [1.807, 2.05) is 18.2 Å². The van der Waals surface area contributed by atoms with Crippen LogP contribution in [0.1, 0.15) is 10.4 Å². The summed E-state index contributed by atoms with van der Waals surface area (Å²) in [6.07, 6.45) is 0. The molecule has 0 heterocycles. The Bertz CT molecular complexity index is 601. The highest BCUT2D eigenvalue weighted by Crippen LogP contribution is 2.23. The molecular formula is C15H13ClO3S. The average molecular weight is 309 g/mol. The number of hydrogen-bond donors (Lipinski definition) is 1. The van der Waals surface area contributed by atoms with E-state index in [0.717, 1.165) is 4.90 Å². The van der Waals surface area contributed by atoms with E-state index in [1.165, 1.54) is 11.8 Å². The van der Waals surface area contributed by atoms with E-state index >= 15 is 0 Å². The van der Waals surface area contributed by atoms with E-state index in [0.29, 0.717) is 28.7 Å². The third-order valence-corrected chi connectivity index (χ3v) is 3.80. The first-order valence-corrected chi connectivity index (χ1v) is 7.36. The van der Waals surface area contributed by atoms with Gasteiger partial charge in [0.05, 0.1) is 12.2 Å². The molecule has 3 nitrogen and oxygen atoms in total. The zero-order valence-corrected chi connectivity index (χ0v) is 12.2. The fourth-order valence-electron chi connectivity index (χ4n) is 1.64. The minimum absolute atomic E-state index is 0.320. The molecule has 0 amide bonds. The molecule has 0 unspecified atom stereocenters. The molecule has 0 saturated heterocycles. The maximum atomic E-state index is 11.1. The summed E-state index contributed by atoms with van der Waals surface area (Å²) in [6.45, 7) is 0.485. The highest BCUT2D eigenvalue weighted by molar-refractivity contribution is 7.99. The Kier molecular flexibility index (Phi) is 5.32. The number of benzene rings is 2. The van der Waals surface area contributed by atoms with Gasteiger partial charge >= 0.3 is 5.97 Å². The number of rotatable bonds is 6. The van der Waals surface area contributed by atoms with Gasteiger partial charge in [-0.1, -0.05) is 29.8 Å². The SMILES string of the molecule is O=C(O)c1ccccc1SCCOc1cccc(Cl)c1. The highest BCUT2D eigenvalue weighted by Gasteiger charge is 2.08. The number of carboxylic acid groups (broad SMARTS) is 1. The van der Waals surface area contributed by atoms with Crippen molar-refractivity contribution in [2.75, 3.05) is 12.4 Å². The smallest absolute Gasteiger partial charge is 0.336 e. The number of halogens is 1. The number of hydrogen-bond acceptors (Lipinski definition) is 3. The molecular weight excluding hydrogens is 296 g/mol. The molecule has 0 fully saturated rings. The molecule has 0 atom stereocenters. The van der Waals surface area contributed by atoms with E-state index in [9.17, 15) is 4.79 Å². The van der Waals surface area contributed by atoms with Gasteiger partial charge in [0.1, 0.15) is 5.75 Å². The van der Waals surface area contributed by atoms with Crippen LogP contribution in [-0.4, -0.2) is 23.4 Å². The zero-order valence-electron chi connectivity index (χ0n) is 10.6. The van der Waals surface area contributed by atoms with Crippen LogP contribution >= 0.6 is 23.4 Å². The van der Waals surface area contributed by atoms with Gasteiger partial charge in [-0.05, 0) is 30.3 Å². The lowest BCUT2D eigenvalue weighted by atomic mass is 10.2. The molecule has 2 aromatic carbocycles. The van der Waals surface area contributed by atoms with Crippen LogP contribution in [0.3, 0.4) is 0 Å². The Morgan fingerprint density at radius 2 is 2.00 bits per heavy atom. The lowest BCUT2D eigenvalue weighted by Gasteiger charge is -2.07. The second-order valence-electron chi connectivity index (χ2n) is 3.96. The third kappa shape index (κ3) is 4.18. The van der Waals surface area contributed by atoms with Crippen molar-refractivity contribution in [1.82, 2.24) is 0 Å². The van der Waals surface area contributed by atoms with E-state index in [4.69, 9.17) is 21.4 Å². The van der Waals surface area contributed by atoms with Crippen LogP contribution in [0, 0.1) is 0 Å². The topological polar surface area (TPSA) is 46.5 Å². The van der Waals surface area contributed by atoms with Gasteiger partial charge in [-0.25, -0.2) is 4.79 Å². The molecule has 5 heteroatoms. The molecule has 20 heavy (non-hydrogen) atoms. The van der Waals surface area contributed by atoms with Gasteiger partial charge in [0, 0.05) is 15.7 Å². The molecule has 0 aliphatic carbocycles. The van der Waals surface area contributed by atoms with E-state index in [-0.39, 0.29) is 0 Å². The lowest BCUT2D eigenvalue weighted by molar-refractivity contribution is 0.0693. The molecule has 104 valence electrons. The molecule has 0 aliphatic heterocycles. The van der Waals surface area contributed by atoms with Gasteiger partial charge in [-0.15, -0.1) is 11.8 Å². The number of carboxylic acids is 1. The van der Waals surface area contributed by atoms with Crippen molar-refractivity contribution in [2.24, 2.45) is 0 Å². The minimum Gasteiger partial charge on any atom is -0.493 e. The Labute approximate surface area is 126 Å². The van der Waals surface area contributed by atoms with Crippen LogP contribution in [0.15, 0.2) is 53.4 Å². The molecule has 0 radical (unpaired) electrons. The van der Waals surface area contributed by atoms with Crippen molar-refractivity contribution in [2.45, 2.75) is 4.90 Å². The standard InChI is InChI=1S/C15H13ClO3S/c16-11-4-3-5-12(10-11)19-8-9-20-14-7-2-1-6-13(14)15(17)18/h1-7,10H,8-9H2,(H,17,18). The summed E-state index contributed by atoms with van der Waals surface area (Å²) in [7, 11) is 0. The van der Waals surface area contributed by atoms with E-state index in [2.05, 4.69) is 0 Å². The van der Waals surface area contributed by atoms with Crippen molar-refractivity contribution in [1.29, 1.82) is 0 Å². The summed E-state index contributed by atoms with van der Waals surface area (Å²) in [5, 5.41) is 9.70. The summed E-state index contributed by atoms with van der Waals surface area (Å²) in [4.78, 5) is 11.8. The van der Waals surface area contributed by atoms with Crippen LogP contribution in [0.4, 0.5) is 0 Å². The zero-order chi connectivity index (χ0) is 14.4. The summed E-state index contributed by atoms with van der Waals surface area (Å²) in [6, 6.07) is 14.1. The van der Waals surface area contributed by atoms with Crippen molar-refractivity contribution >= 4 is 29.3 Å². The minimum atomic E-state index is -0.913. The lowest BCUT2D eigenvalue weighted by Crippen LogP contribution is -2.02. The van der Waals surface area contributed by atoms with Crippen molar-refractivity contribution < 1.29 is 14.6 Å². The molecule has 2 aromatic rings. The van der Waals surface area contributed by atoms with Crippen LogP contribution in [0.25, 0.3) is 0 Å². The fourth-order valence-corrected chi connectivity index (χ4v) is 2.69. The third-order valence-electron chi connectivity index (χ3n) is 2.52.